The average Bonchev–Trinajstić information content (AvgIpc) is 2.77. The number of aryl methyl sites for hydroxylation is 1. The molecular formula is C21H23F3N4O5. The molecule has 0 aromatic carbocycles. The third kappa shape index (κ3) is 6.45. The lowest BCUT2D eigenvalue weighted by Crippen LogP contribution is -2.67. The van der Waals surface area contributed by atoms with Gasteiger partial charge in [0.05, 0.1) is 32.0 Å². The Morgan fingerprint density at radius 3 is 2.55 bits per heavy atom. The molecule has 0 bridgehead atoms. The van der Waals surface area contributed by atoms with Gasteiger partial charge >= 0.3 is 12.1 Å². The van der Waals surface area contributed by atoms with Gasteiger partial charge in [-0.25, -0.2) is 9.78 Å². The Morgan fingerprint density at radius 2 is 1.94 bits per heavy atom. The first-order valence-electron chi connectivity index (χ1n) is 10.1. The molecule has 4 heterocycles. The summed E-state index contributed by atoms with van der Waals surface area (Å²) in [5.41, 5.74) is 2.38. The van der Waals surface area contributed by atoms with Crippen molar-refractivity contribution in [3.8, 4) is 0 Å². The van der Waals surface area contributed by atoms with Gasteiger partial charge in [0.1, 0.15) is 11.3 Å². The SMILES string of the molecule is Cc1ccncc1COC1CCOC2(C1)CN(C(=O)c1cnccn1)C2.O=C(O)C(F)(F)F. The average molecular weight is 468 g/mol. The minimum atomic E-state index is -5.08. The minimum absolute atomic E-state index is 0.0960. The van der Waals surface area contributed by atoms with E-state index in [9.17, 15) is 18.0 Å². The summed E-state index contributed by atoms with van der Waals surface area (Å²) in [6, 6.07) is 1.99. The minimum Gasteiger partial charge on any atom is -0.475 e. The number of amides is 1. The topological polar surface area (TPSA) is 115 Å². The Hall–Kier alpha value is -3.12. The zero-order valence-corrected chi connectivity index (χ0v) is 17.8. The fourth-order valence-electron chi connectivity index (χ4n) is 3.57. The summed E-state index contributed by atoms with van der Waals surface area (Å²) in [7, 11) is 0. The van der Waals surface area contributed by atoms with E-state index >= 15 is 0 Å². The second kappa shape index (κ2) is 10.2. The number of carbonyl (C=O) groups is 2. The number of rotatable bonds is 4. The van der Waals surface area contributed by atoms with E-state index < -0.39 is 12.1 Å². The van der Waals surface area contributed by atoms with Crippen LogP contribution in [0.3, 0.4) is 0 Å². The number of carbonyl (C=O) groups excluding carboxylic acids is 1. The molecule has 12 heteroatoms. The fraction of sp³-hybridized carbons (Fsp3) is 0.476. The molecule has 1 unspecified atom stereocenters. The van der Waals surface area contributed by atoms with Gasteiger partial charge in [-0.05, 0) is 30.5 Å². The first-order valence-corrected chi connectivity index (χ1v) is 10.1. The highest BCUT2D eigenvalue weighted by Crippen LogP contribution is 2.36. The van der Waals surface area contributed by atoms with Crippen LogP contribution in [0.5, 0.6) is 0 Å². The van der Waals surface area contributed by atoms with Crippen molar-refractivity contribution >= 4 is 11.9 Å². The van der Waals surface area contributed by atoms with Gasteiger partial charge in [0, 0.05) is 37.8 Å². The number of hydrogen-bond acceptors (Lipinski definition) is 7. The Morgan fingerprint density at radius 1 is 1.24 bits per heavy atom. The van der Waals surface area contributed by atoms with Gasteiger partial charge in [-0.2, -0.15) is 13.2 Å². The fourth-order valence-corrected chi connectivity index (χ4v) is 3.57. The van der Waals surface area contributed by atoms with E-state index in [0.29, 0.717) is 32.0 Å². The van der Waals surface area contributed by atoms with Crippen LogP contribution in [0, 0.1) is 6.92 Å². The molecule has 0 saturated carbocycles. The van der Waals surface area contributed by atoms with E-state index in [0.717, 1.165) is 18.4 Å². The number of nitrogens with zero attached hydrogens (tertiary/aromatic N) is 4. The van der Waals surface area contributed by atoms with Gasteiger partial charge < -0.3 is 19.5 Å². The molecule has 0 aliphatic carbocycles. The number of pyridine rings is 1. The Balaban J connectivity index is 0.000000383. The van der Waals surface area contributed by atoms with Crippen LogP contribution in [-0.4, -0.2) is 74.4 Å². The lowest BCUT2D eigenvalue weighted by molar-refractivity contribution is -0.192. The van der Waals surface area contributed by atoms with Gasteiger partial charge in [0.25, 0.3) is 5.91 Å². The molecule has 2 aromatic heterocycles. The summed E-state index contributed by atoms with van der Waals surface area (Å²) in [6.07, 6.45) is 4.97. The number of hydrogen-bond donors (Lipinski definition) is 1. The molecule has 178 valence electrons. The molecule has 2 saturated heterocycles. The van der Waals surface area contributed by atoms with Crippen molar-refractivity contribution in [3.05, 3.63) is 53.9 Å². The quantitative estimate of drug-likeness (QED) is 0.728. The number of aromatic nitrogens is 3. The number of alkyl halides is 3. The lowest BCUT2D eigenvalue weighted by atomic mass is 9.84. The molecule has 1 N–H and O–H groups in total. The summed E-state index contributed by atoms with van der Waals surface area (Å²) in [5, 5.41) is 7.12. The molecule has 9 nitrogen and oxygen atoms in total. The van der Waals surface area contributed by atoms with Crippen molar-refractivity contribution in [2.45, 2.75) is 44.3 Å². The van der Waals surface area contributed by atoms with E-state index in [1.165, 1.54) is 18.0 Å². The Kier molecular flexibility index (Phi) is 7.59. The number of ether oxygens (including phenoxy) is 2. The van der Waals surface area contributed by atoms with Crippen LogP contribution >= 0.6 is 0 Å². The Bertz CT molecular complexity index is 968. The van der Waals surface area contributed by atoms with Crippen molar-refractivity contribution in [1.82, 2.24) is 19.9 Å². The lowest BCUT2D eigenvalue weighted by Gasteiger charge is -2.52. The zero-order valence-electron chi connectivity index (χ0n) is 17.8. The maximum absolute atomic E-state index is 12.4. The van der Waals surface area contributed by atoms with Crippen molar-refractivity contribution in [3.63, 3.8) is 0 Å². The van der Waals surface area contributed by atoms with E-state index in [-0.39, 0.29) is 17.6 Å². The second-order valence-corrected chi connectivity index (χ2v) is 7.81. The maximum Gasteiger partial charge on any atom is 0.490 e. The third-order valence-electron chi connectivity index (χ3n) is 5.34. The number of carboxylic acids is 1. The summed E-state index contributed by atoms with van der Waals surface area (Å²) >= 11 is 0. The van der Waals surface area contributed by atoms with Crippen molar-refractivity contribution in [2.24, 2.45) is 0 Å². The van der Waals surface area contributed by atoms with Gasteiger partial charge in [-0.3, -0.25) is 14.8 Å². The zero-order chi connectivity index (χ0) is 24.1. The Labute approximate surface area is 187 Å². The van der Waals surface area contributed by atoms with E-state index in [1.807, 2.05) is 12.3 Å². The maximum atomic E-state index is 12.4. The monoisotopic (exact) mass is 468 g/mol. The largest absolute Gasteiger partial charge is 0.490 e. The van der Waals surface area contributed by atoms with Crippen molar-refractivity contribution in [1.29, 1.82) is 0 Å². The van der Waals surface area contributed by atoms with Gasteiger partial charge in [-0.1, -0.05) is 0 Å². The number of aliphatic carboxylic acids is 1. The summed E-state index contributed by atoms with van der Waals surface area (Å²) < 4.78 is 43.9. The van der Waals surface area contributed by atoms with Crippen LogP contribution in [0.1, 0.15) is 34.5 Å². The predicted molar refractivity (Wildman–Crippen MR) is 107 cm³/mol. The van der Waals surface area contributed by atoms with Crippen LogP contribution in [0.4, 0.5) is 13.2 Å². The molecular weight excluding hydrogens is 445 g/mol. The van der Waals surface area contributed by atoms with E-state index in [4.69, 9.17) is 19.4 Å². The van der Waals surface area contributed by atoms with Gasteiger partial charge in [-0.15, -0.1) is 0 Å². The molecule has 4 rings (SSSR count). The smallest absolute Gasteiger partial charge is 0.475 e. The van der Waals surface area contributed by atoms with Crippen molar-refractivity contribution < 1.29 is 37.3 Å². The molecule has 0 radical (unpaired) electrons. The summed E-state index contributed by atoms with van der Waals surface area (Å²) in [6.45, 7) is 4.43. The summed E-state index contributed by atoms with van der Waals surface area (Å²) in [4.78, 5) is 35.3. The predicted octanol–water partition coefficient (Wildman–Crippen LogP) is 2.40. The molecule has 2 fully saturated rings. The molecule has 1 spiro atoms. The second-order valence-electron chi connectivity index (χ2n) is 7.81. The molecule has 33 heavy (non-hydrogen) atoms. The molecule has 2 aromatic rings. The normalized spacial score (nSPS) is 19.3. The first kappa shape index (κ1) is 24.5. The number of carboxylic acid groups (broad SMARTS) is 1. The third-order valence-corrected chi connectivity index (χ3v) is 5.34. The van der Waals surface area contributed by atoms with Gasteiger partial charge in [0.15, 0.2) is 0 Å². The highest BCUT2D eigenvalue weighted by molar-refractivity contribution is 5.92. The highest BCUT2D eigenvalue weighted by Gasteiger charge is 2.50. The number of halogens is 3. The summed E-state index contributed by atoms with van der Waals surface area (Å²) in [5.74, 6) is -2.85. The van der Waals surface area contributed by atoms with Crippen molar-refractivity contribution in [2.75, 3.05) is 19.7 Å². The van der Waals surface area contributed by atoms with Crippen LogP contribution < -0.4 is 0 Å². The molecule has 1 amide bonds. The number of likely N-dealkylation sites (tertiary alicyclic amines) is 1. The van der Waals surface area contributed by atoms with E-state index in [1.54, 1.807) is 17.3 Å². The van der Waals surface area contributed by atoms with Crippen LogP contribution in [0.2, 0.25) is 0 Å². The molecule has 1 atom stereocenters. The van der Waals surface area contributed by atoms with Crippen LogP contribution in [0.15, 0.2) is 37.1 Å². The first-order chi connectivity index (χ1) is 15.6. The molecule has 2 aliphatic rings. The van der Waals surface area contributed by atoms with Crippen LogP contribution in [0.25, 0.3) is 0 Å². The highest BCUT2D eigenvalue weighted by atomic mass is 19.4. The van der Waals surface area contributed by atoms with E-state index in [2.05, 4.69) is 21.9 Å². The standard InChI is InChI=1S/C19H22N4O3.C2HF3O2/c1-14-2-4-20-9-15(14)11-25-16-3-7-26-19(8-16)12-23(13-19)18(24)17-10-21-5-6-22-17;3-2(4,5)1(6)7/h2,4-6,9-10,16H,3,7-8,11-13H2,1H3;(H,6,7). The van der Waals surface area contributed by atoms with Gasteiger partial charge in [0.2, 0.25) is 0 Å². The molecule has 2 aliphatic heterocycles. The van der Waals surface area contributed by atoms with Crippen LogP contribution in [-0.2, 0) is 20.9 Å².